The van der Waals surface area contributed by atoms with Crippen LogP contribution in [-0.2, 0) is 14.3 Å². The average molecular weight is 351 g/mol. The van der Waals surface area contributed by atoms with Gasteiger partial charge in [0.05, 0.1) is 13.2 Å². The Morgan fingerprint density at radius 2 is 1.92 bits per heavy atom. The first-order valence-electron chi connectivity index (χ1n) is 8.72. The van der Waals surface area contributed by atoms with Crippen molar-refractivity contribution in [3.05, 3.63) is 23.8 Å². The van der Waals surface area contributed by atoms with E-state index in [0.717, 1.165) is 12.8 Å². The van der Waals surface area contributed by atoms with Crippen LogP contribution in [0.3, 0.4) is 0 Å². The van der Waals surface area contributed by atoms with Crippen molar-refractivity contribution in [2.75, 3.05) is 25.6 Å². The molecule has 1 rings (SSSR count). The number of nitrogens with one attached hydrogen (secondary N) is 1. The molecule has 0 radical (unpaired) electrons. The quantitative estimate of drug-likeness (QED) is 0.513. The zero-order valence-electron chi connectivity index (χ0n) is 15.8. The Bertz CT molecular complexity index is 581. The number of carbonyl (C=O) groups excluding carboxylic acids is 2. The van der Waals surface area contributed by atoms with Crippen LogP contribution in [0, 0.1) is 0 Å². The summed E-state index contributed by atoms with van der Waals surface area (Å²) in [6, 6.07) is 4.95. The Labute approximate surface area is 149 Å². The van der Waals surface area contributed by atoms with Crippen LogP contribution in [0.5, 0.6) is 5.75 Å². The van der Waals surface area contributed by atoms with E-state index in [-0.39, 0.29) is 12.5 Å². The summed E-state index contributed by atoms with van der Waals surface area (Å²) in [6.07, 6.45) is 2.41. The van der Waals surface area contributed by atoms with E-state index in [9.17, 15) is 9.59 Å². The molecule has 6 heteroatoms. The molecule has 0 aliphatic rings. The van der Waals surface area contributed by atoms with Crippen LogP contribution in [0.25, 0.3) is 0 Å². The molecule has 0 bridgehead atoms. The molecule has 1 amide bonds. The zero-order chi connectivity index (χ0) is 18.9. The summed E-state index contributed by atoms with van der Waals surface area (Å²) in [4.78, 5) is 24.6. The van der Waals surface area contributed by atoms with E-state index in [4.69, 9.17) is 14.2 Å². The molecule has 0 fully saturated rings. The maximum absolute atomic E-state index is 12.4. The minimum Gasteiger partial charge on any atom is -0.493 e. The maximum atomic E-state index is 12.4. The van der Waals surface area contributed by atoms with Gasteiger partial charge in [-0.2, -0.15) is 0 Å². The smallest absolute Gasteiger partial charge is 0.341 e. The first-order chi connectivity index (χ1) is 11.9. The van der Waals surface area contributed by atoms with E-state index in [1.165, 1.54) is 7.11 Å². The summed E-state index contributed by atoms with van der Waals surface area (Å²) in [5.41, 5.74) is -0.139. The number of amides is 1. The van der Waals surface area contributed by atoms with Crippen LogP contribution in [-0.4, -0.2) is 37.8 Å². The Morgan fingerprint density at radius 1 is 1.20 bits per heavy atom. The molecule has 0 saturated carbocycles. The zero-order valence-corrected chi connectivity index (χ0v) is 15.8. The number of rotatable bonds is 10. The van der Waals surface area contributed by atoms with E-state index < -0.39 is 11.6 Å². The van der Waals surface area contributed by atoms with Gasteiger partial charge < -0.3 is 19.5 Å². The molecule has 140 valence electrons. The van der Waals surface area contributed by atoms with Crippen molar-refractivity contribution in [3.63, 3.8) is 0 Å². The Balaban J connectivity index is 3.04. The molecule has 1 atom stereocenters. The number of unbranched alkanes of at least 4 members (excludes halogenated alkanes) is 1. The summed E-state index contributed by atoms with van der Waals surface area (Å²) < 4.78 is 16.1. The fourth-order valence-corrected chi connectivity index (χ4v) is 2.09. The first kappa shape index (κ1) is 21.0. The van der Waals surface area contributed by atoms with E-state index >= 15 is 0 Å². The number of ether oxygens (including phenoxy) is 3. The van der Waals surface area contributed by atoms with Gasteiger partial charge >= 0.3 is 5.97 Å². The van der Waals surface area contributed by atoms with Gasteiger partial charge in [-0.15, -0.1) is 0 Å². The molecule has 6 nitrogen and oxygen atoms in total. The maximum Gasteiger partial charge on any atom is 0.341 e. The van der Waals surface area contributed by atoms with Crippen molar-refractivity contribution in [1.29, 1.82) is 0 Å². The summed E-state index contributed by atoms with van der Waals surface area (Å²) in [5.74, 6) is -0.294. The van der Waals surface area contributed by atoms with E-state index in [0.29, 0.717) is 30.0 Å². The minimum atomic E-state index is -0.930. The molecule has 0 aliphatic heterocycles. The van der Waals surface area contributed by atoms with Crippen molar-refractivity contribution in [1.82, 2.24) is 0 Å². The molecular weight excluding hydrogens is 322 g/mol. The van der Waals surface area contributed by atoms with Gasteiger partial charge in [-0.25, -0.2) is 4.79 Å². The van der Waals surface area contributed by atoms with Gasteiger partial charge in [-0.1, -0.05) is 20.3 Å². The van der Waals surface area contributed by atoms with Gasteiger partial charge in [0.25, 0.3) is 5.91 Å². The van der Waals surface area contributed by atoms with Gasteiger partial charge in [0.15, 0.2) is 0 Å². The predicted molar refractivity (Wildman–Crippen MR) is 97.1 cm³/mol. The molecule has 0 saturated heterocycles. The molecule has 0 heterocycles. The number of hydrogen-bond donors (Lipinski definition) is 1. The topological polar surface area (TPSA) is 73.9 Å². The van der Waals surface area contributed by atoms with Crippen LogP contribution in [0.1, 0.15) is 57.3 Å². The van der Waals surface area contributed by atoms with E-state index in [2.05, 4.69) is 12.2 Å². The summed E-state index contributed by atoms with van der Waals surface area (Å²) in [5, 5.41) is 2.79. The van der Waals surface area contributed by atoms with Crippen LogP contribution in [0.2, 0.25) is 0 Å². The Hall–Kier alpha value is -2.08. The van der Waals surface area contributed by atoms with Gasteiger partial charge in [0, 0.05) is 12.8 Å². The number of esters is 1. The molecule has 1 N–H and O–H groups in total. The fourth-order valence-electron chi connectivity index (χ4n) is 2.09. The molecule has 0 unspecified atom stereocenters. The second kappa shape index (κ2) is 10.0. The highest BCUT2D eigenvalue weighted by Gasteiger charge is 2.31. The number of carbonyl (C=O) groups is 2. The number of hydrogen-bond acceptors (Lipinski definition) is 5. The van der Waals surface area contributed by atoms with Crippen LogP contribution in [0.15, 0.2) is 18.2 Å². The minimum absolute atomic E-state index is 0.265. The standard InChI is InChI=1S/C19H29NO5/c1-6-9-12-25-16-11-10-14(13-15(16)17(21)24-8-3)20-18(22)19(4,7-2)23-5/h10-11,13H,6-9,12H2,1-5H3,(H,20,22)/t19-/m1/s1. The number of methoxy groups -OCH3 is 1. The first-order valence-corrected chi connectivity index (χ1v) is 8.72. The number of benzene rings is 1. The lowest BCUT2D eigenvalue weighted by molar-refractivity contribution is -0.136. The third-order valence-corrected chi connectivity index (χ3v) is 4.09. The lowest BCUT2D eigenvalue weighted by Crippen LogP contribution is -2.41. The SMILES string of the molecule is CCCCOc1ccc(NC(=O)[C@@](C)(CC)OC)cc1C(=O)OCC. The molecule has 0 aromatic heterocycles. The van der Waals surface area contributed by atoms with E-state index in [1.807, 2.05) is 6.92 Å². The van der Waals surface area contributed by atoms with Crippen LogP contribution >= 0.6 is 0 Å². The highest BCUT2D eigenvalue weighted by atomic mass is 16.5. The van der Waals surface area contributed by atoms with Crippen molar-refractivity contribution in [2.24, 2.45) is 0 Å². The number of anilines is 1. The highest BCUT2D eigenvalue weighted by molar-refractivity contribution is 5.99. The lowest BCUT2D eigenvalue weighted by atomic mass is 10.0. The van der Waals surface area contributed by atoms with Crippen molar-refractivity contribution < 1.29 is 23.8 Å². The molecule has 0 aliphatic carbocycles. The van der Waals surface area contributed by atoms with Gasteiger partial charge in [-0.05, 0) is 44.9 Å². The predicted octanol–water partition coefficient (Wildman–Crippen LogP) is 3.80. The molecule has 0 spiro atoms. The molecular formula is C19H29NO5. The monoisotopic (exact) mass is 351 g/mol. The second-order valence-electron chi connectivity index (χ2n) is 5.88. The van der Waals surface area contributed by atoms with Crippen molar-refractivity contribution >= 4 is 17.6 Å². The Morgan fingerprint density at radius 3 is 2.48 bits per heavy atom. The Kier molecular flexibility index (Phi) is 8.41. The highest BCUT2D eigenvalue weighted by Crippen LogP contribution is 2.26. The van der Waals surface area contributed by atoms with Crippen LogP contribution in [0.4, 0.5) is 5.69 Å². The summed E-state index contributed by atoms with van der Waals surface area (Å²) >= 11 is 0. The van der Waals surface area contributed by atoms with Gasteiger partial charge in [0.1, 0.15) is 16.9 Å². The third-order valence-electron chi connectivity index (χ3n) is 4.09. The van der Waals surface area contributed by atoms with Gasteiger partial charge in [-0.3, -0.25) is 4.79 Å². The third kappa shape index (κ3) is 5.74. The van der Waals surface area contributed by atoms with E-state index in [1.54, 1.807) is 32.0 Å². The molecule has 1 aromatic carbocycles. The van der Waals surface area contributed by atoms with Crippen LogP contribution < -0.4 is 10.1 Å². The normalized spacial score (nSPS) is 13.0. The lowest BCUT2D eigenvalue weighted by Gasteiger charge is -2.25. The summed E-state index contributed by atoms with van der Waals surface area (Å²) in [6.45, 7) is 8.18. The summed E-state index contributed by atoms with van der Waals surface area (Å²) in [7, 11) is 1.50. The fraction of sp³-hybridized carbons (Fsp3) is 0.579. The second-order valence-corrected chi connectivity index (χ2v) is 5.88. The largest absolute Gasteiger partial charge is 0.493 e. The molecule has 1 aromatic rings. The van der Waals surface area contributed by atoms with Crippen molar-refractivity contribution in [3.8, 4) is 5.75 Å². The van der Waals surface area contributed by atoms with Gasteiger partial charge in [0.2, 0.25) is 0 Å². The molecule has 25 heavy (non-hydrogen) atoms. The van der Waals surface area contributed by atoms with Crippen molar-refractivity contribution in [2.45, 2.75) is 52.6 Å². The average Bonchev–Trinajstić information content (AvgIpc) is 2.62.